The summed E-state index contributed by atoms with van der Waals surface area (Å²) in [5.74, 6) is 0.854. The first-order valence-electron chi connectivity index (χ1n) is 8.61. The minimum Gasteiger partial charge on any atom is -0.342 e. The molecule has 1 fully saturated rings. The van der Waals surface area contributed by atoms with Crippen LogP contribution >= 0.6 is 15.9 Å². The lowest BCUT2D eigenvalue weighted by Gasteiger charge is -2.42. The van der Waals surface area contributed by atoms with Crippen molar-refractivity contribution in [2.24, 2.45) is 11.1 Å². The number of benzene rings is 1. The number of anilines is 1. The molecule has 3 aromatic rings. The average molecular weight is 399 g/mol. The van der Waals surface area contributed by atoms with Gasteiger partial charge in [0.25, 0.3) is 0 Å². The lowest BCUT2D eigenvalue weighted by atomic mass is 9.73. The van der Waals surface area contributed by atoms with Crippen LogP contribution in [0.5, 0.6) is 0 Å². The van der Waals surface area contributed by atoms with Crippen LogP contribution < -0.4 is 10.6 Å². The van der Waals surface area contributed by atoms with Crippen molar-refractivity contribution in [3.63, 3.8) is 0 Å². The zero-order valence-electron chi connectivity index (χ0n) is 13.7. The number of nitrogens with two attached hydrogens (primary N) is 1. The number of hydrogen-bond acceptors (Lipinski definition) is 5. The van der Waals surface area contributed by atoms with Crippen LogP contribution in [0.1, 0.15) is 30.0 Å². The van der Waals surface area contributed by atoms with E-state index in [-0.39, 0.29) is 11.5 Å². The Kier molecular flexibility index (Phi) is 3.36. The first-order valence-corrected chi connectivity index (χ1v) is 9.41. The fraction of sp³-hybridized carbons (Fsp3) is 0.389. The molecule has 0 unspecified atom stereocenters. The highest BCUT2D eigenvalue weighted by molar-refractivity contribution is 9.10. The summed E-state index contributed by atoms with van der Waals surface area (Å²) < 4.78 is 0.711. The third kappa shape index (κ3) is 2.37. The topological polar surface area (TPSA) is 83.7 Å². The highest BCUT2D eigenvalue weighted by Crippen LogP contribution is 2.50. The van der Waals surface area contributed by atoms with E-state index in [0.717, 1.165) is 43.9 Å². The van der Waals surface area contributed by atoms with Gasteiger partial charge in [0, 0.05) is 19.1 Å². The number of nitrogens with zero attached hydrogens (tertiary/aromatic N) is 4. The van der Waals surface area contributed by atoms with E-state index in [0.29, 0.717) is 10.3 Å². The molecule has 7 heteroatoms. The quantitative estimate of drug-likeness (QED) is 0.658. The lowest BCUT2D eigenvalue weighted by molar-refractivity contribution is 0.187. The summed E-state index contributed by atoms with van der Waals surface area (Å²) in [7, 11) is 0. The van der Waals surface area contributed by atoms with Crippen LogP contribution in [-0.4, -0.2) is 33.0 Å². The molecule has 0 amide bonds. The second kappa shape index (κ2) is 5.51. The Balaban J connectivity index is 1.38. The number of aromatic nitrogens is 4. The molecule has 2 aromatic heterocycles. The molecule has 0 radical (unpaired) electrons. The third-order valence-electron chi connectivity index (χ3n) is 5.82. The van der Waals surface area contributed by atoms with Gasteiger partial charge in [-0.25, -0.2) is 9.97 Å². The van der Waals surface area contributed by atoms with Gasteiger partial charge >= 0.3 is 0 Å². The van der Waals surface area contributed by atoms with E-state index in [4.69, 9.17) is 5.73 Å². The van der Waals surface area contributed by atoms with Gasteiger partial charge in [0.1, 0.15) is 4.60 Å². The van der Waals surface area contributed by atoms with Crippen LogP contribution in [0.25, 0.3) is 11.3 Å². The van der Waals surface area contributed by atoms with Crippen molar-refractivity contribution >= 4 is 33.2 Å². The standard InChI is InChI=1S/C18H19BrN6/c19-13-10-21-15-16(22-13)24-17(23-15)25-7-5-18(6-8-25)9-11-3-1-2-4-12(11)14(18)20/h1-4,10,14H,5-9,20H2,(H,21,22,23,24)/t14-/m1/s1. The molecule has 3 N–H and O–H groups in total. The Morgan fingerprint density at radius 3 is 2.80 bits per heavy atom. The van der Waals surface area contributed by atoms with Gasteiger partial charge in [-0.1, -0.05) is 24.3 Å². The fourth-order valence-electron chi connectivity index (χ4n) is 4.38. The zero-order chi connectivity index (χ0) is 17.0. The summed E-state index contributed by atoms with van der Waals surface area (Å²) in [5.41, 5.74) is 11.0. The first kappa shape index (κ1) is 15.3. The molecular weight excluding hydrogens is 380 g/mol. The smallest absolute Gasteiger partial charge is 0.206 e. The van der Waals surface area contributed by atoms with E-state index < -0.39 is 0 Å². The number of fused-ring (bicyclic) bond motifs is 2. The van der Waals surface area contributed by atoms with Crippen molar-refractivity contribution in [1.82, 2.24) is 19.9 Å². The molecule has 1 saturated heterocycles. The van der Waals surface area contributed by atoms with E-state index in [1.165, 1.54) is 11.1 Å². The van der Waals surface area contributed by atoms with E-state index in [9.17, 15) is 0 Å². The maximum Gasteiger partial charge on any atom is 0.206 e. The molecule has 1 aromatic carbocycles. The Bertz CT molecular complexity index is 944. The number of rotatable bonds is 1. The van der Waals surface area contributed by atoms with Gasteiger partial charge in [-0.05, 0) is 51.7 Å². The maximum absolute atomic E-state index is 6.65. The number of nitrogens with one attached hydrogen (secondary N) is 1. The van der Waals surface area contributed by atoms with Crippen LogP contribution in [-0.2, 0) is 6.42 Å². The number of H-pyrrole nitrogens is 1. The summed E-state index contributed by atoms with van der Waals surface area (Å²) in [6, 6.07) is 8.77. The Labute approximate surface area is 154 Å². The summed E-state index contributed by atoms with van der Waals surface area (Å²) in [6.07, 6.45) is 4.91. The van der Waals surface area contributed by atoms with Gasteiger partial charge in [0.05, 0.1) is 6.20 Å². The fourth-order valence-corrected chi connectivity index (χ4v) is 4.66. The molecule has 1 atom stereocenters. The van der Waals surface area contributed by atoms with Crippen LogP contribution in [0.2, 0.25) is 0 Å². The molecule has 0 bridgehead atoms. The van der Waals surface area contributed by atoms with Crippen LogP contribution in [0.3, 0.4) is 0 Å². The Morgan fingerprint density at radius 2 is 2.00 bits per heavy atom. The molecule has 25 heavy (non-hydrogen) atoms. The first-order chi connectivity index (χ1) is 12.1. The van der Waals surface area contributed by atoms with E-state index in [1.807, 2.05) is 0 Å². The molecule has 1 spiro atoms. The lowest BCUT2D eigenvalue weighted by Crippen LogP contribution is -2.44. The average Bonchev–Trinajstić information content (AvgIpc) is 3.16. The number of imidazole rings is 1. The van der Waals surface area contributed by atoms with E-state index in [1.54, 1.807) is 6.20 Å². The van der Waals surface area contributed by atoms with Crippen LogP contribution in [0, 0.1) is 5.41 Å². The second-order valence-electron chi connectivity index (χ2n) is 7.13. The van der Waals surface area contributed by atoms with Crippen molar-refractivity contribution in [2.75, 3.05) is 18.0 Å². The van der Waals surface area contributed by atoms with Gasteiger partial charge in [0.15, 0.2) is 11.3 Å². The number of piperidine rings is 1. The van der Waals surface area contributed by atoms with Crippen molar-refractivity contribution in [2.45, 2.75) is 25.3 Å². The highest BCUT2D eigenvalue weighted by atomic mass is 79.9. The summed E-state index contributed by atoms with van der Waals surface area (Å²) in [4.78, 5) is 18.9. The van der Waals surface area contributed by atoms with Gasteiger partial charge in [0.2, 0.25) is 5.95 Å². The normalized spacial score (nSPS) is 21.8. The highest BCUT2D eigenvalue weighted by Gasteiger charge is 2.46. The zero-order valence-corrected chi connectivity index (χ0v) is 15.3. The molecule has 5 rings (SSSR count). The van der Waals surface area contributed by atoms with Gasteiger partial charge in [-0.15, -0.1) is 0 Å². The molecule has 6 nitrogen and oxygen atoms in total. The molecule has 2 aliphatic rings. The minimum atomic E-state index is 0.140. The number of aromatic amines is 1. The molecule has 0 saturated carbocycles. The molecule has 128 valence electrons. The predicted molar refractivity (Wildman–Crippen MR) is 100 cm³/mol. The molecular formula is C18H19BrN6. The van der Waals surface area contributed by atoms with Gasteiger partial charge < -0.3 is 15.6 Å². The Hall–Kier alpha value is -1.99. The van der Waals surface area contributed by atoms with E-state index >= 15 is 0 Å². The Morgan fingerprint density at radius 1 is 1.20 bits per heavy atom. The molecule has 1 aliphatic carbocycles. The molecule has 3 heterocycles. The van der Waals surface area contributed by atoms with Crippen molar-refractivity contribution in [3.8, 4) is 0 Å². The summed E-state index contributed by atoms with van der Waals surface area (Å²) in [6.45, 7) is 1.89. The van der Waals surface area contributed by atoms with E-state index in [2.05, 4.69) is 65.0 Å². The van der Waals surface area contributed by atoms with Crippen molar-refractivity contribution in [3.05, 3.63) is 46.2 Å². The maximum atomic E-state index is 6.65. The van der Waals surface area contributed by atoms with Gasteiger partial charge in [-0.3, -0.25) is 0 Å². The van der Waals surface area contributed by atoms with Gasteiger partial charge in [-0.2, -0.15) is 4.98 Å². The number of hydrogen-bond donors (Lipinski definition) is 2. The number of halogens is 1. The summed E-state index contributed by atoms with van der Waals surface area (Å²) in [5, 5.41) is 0. The van der Waals surface area contributed by atoms with Crippen LogP contribution in [0.15, 0.2) is 35.1 Å². The second-order valence-corrected chi connectivity index (χ2v) is 7.94. The SMILES string of the molecule is N[C@@H]1c2ccccc2CC12CCN(c1nc3ncc(Br)nc3[nH]1)CC2. The van der Waals surface area contributed by atoms with Crippen LogP contribution in [0.4, 0.5) is 5.95 Å². The predicted octanol–water partition coefficient (Wildman–Crippen LogP) is 2.96. The van der Waals surface area contributed by atoms with Crippen molar-refractivity contribution in [1.29, 1.82) is 0 Å². The third-order valence-corrected chi connectivity index (χ3v) is 6.20. The minimum absolute atomic E-state index is 0.140. The summed E-state index contributed by atoms with van der Waals surface area (Å²) >= 11 is 3.35. The van der Waals surface area contributed by atoms with Crippen molar-refractivity contribution < 1.29 is 0 Å². The molecule has 1 aliphatic heterocycles. The monoisotopic (exact) mass is 398 g/mol. The largest absolute Gasteiger partial charge is 0.342 e.